The fraction of sp³-hybridized carbons (Fsp3) is 0.176. The van der Waals surface area contributed by atoms with Crippen molar-refractivity contribution in [2.75, 3.05) is 0 Å². The third kappa shape index (κ3) is 2.70. The summed E-state index contributed by atoms with van der Waals surface area (Å²) in [4.78, 5) is 0. The molecule has 0 saturated heterocycles. The molecule has 3 aromatic rings. The molecule has 1 heterocycles. The van der Waals surface area contributed by atoms with Crippen molar-refractivity contribution in [3.8, 4) is 0 Å². The van der Waals surface area contributed by atoms with Gasteiger partial charge in [0.25, 0.3) is 0 Å². The SMILES string of the molecule is OC(CCc1ccccc1)c1cccc2ccsc12. The minimum atomic E-state index is -0.387. The Hall–Kier alpha value is -1.64. The maximum Gasteiger partial charge on any atom is 0.0807 e. The normalized spacial score (nSPS) is 12.7. The largest absolute Gasteiger partial charge is 0.388 e. The Morgan fingerprint density at radius 2 is 1.79 bits per heavy atom. The molecular formula is C17H16OS. The molecule has 0 radical (unpaired) electrons. The third-order valence-electron chi connectivity index (χ3n) is 3.42. The highest BCUT2D eigenvalue weighted by Gasteiger charge is 2.11. The number of thiophene rings is 1. The van der Waals surface area contributed by atoms with Gasteiger partial charge < -0.3 is 5.11 Å². The van der Waals surface area contributed by atoms with Crippen LogP contribution in [0.3, 0.4) is 0 Å². The van der Waals surface area contributed by atoms with Gasteiger partial charge in [-0.25, -0.2) is 0 Å². The zero-order valence-electron chi connectivity index (χ0n) is 10.6. The van der Waals surface area contributed by atoms with Crippen LogP contribution in [0.4, 0.5) is 0 Å². The van der Waals surface area contributed by atoms with E-state index in [9.17, 15) is 5.11 Å². The van der Waals surface area contributed by atoms with E-state index in [0.717, 1.165) is 18.4 Å². The smallest absolute Gasteiger partial charge is 0.0807 e. The van der Waals surface area contributed by atoms with E-state index in [1.54, 1.807) is 11.3 Å². The third-order valence-corrected chi connectivity index (χ3v) is 4.40. The molecule has 0 bridgehead atoms. The van der Waals surface area contributed by atoms with Crippen molar-refractivity contribution in [3.63, 3.8) is 0 Å². The molecule has 1 atom stereocenters. The van der Waals surface area contributed by atoms with E-state index >= 15 is 0 Å². The van der Waals surface area contributed by atoms with E-state index in [1.807, 2.05) is 30.3 Å². The van der Waals surface area contributed by atoms with Crippen molar-refractivity contribution in [3.05, 3.63) is 71.1 Å². The molecular weight excluding hydrogens is 252 g/mol. The van der Waals surface area contributed by atoms with Gasteiger partial charge in [0.1, 0.15) is 0 Å². The lowest BCUT2D eigenvalue weighted by Gasteiger charge is -2.12. The molecule has 96 valence electrons. The monoisotopic (exact) mass is 268 g/mol. The van der Waals surface area contributed by atoms with Gasteiger partial charge in [-0.3, -0.25) is 0 Å². The molecule has 0 amide bonds. The quantitative estimate of drug-likeness (QED) is 0.735. The molecule has 3 rings (SSSR count). The van der Waals surface area contributed by atoms with Crippen LogP contribution in [0.2, 0.25) is 0 Å². The second-order valence-electron chi connectivity index (χ2n) is 4.73. The summed E-state index contributed by atoms with van der Waals surface area (Å²) < 4.78 is 1.21. The number of rotatable bonds is 4. The van der Waals surface area contributed by atoms with E-state index in [4.69, 9.17) is 0 Å². The second kappa shape index (κ2) is 5.55. The lowest BCUT2D eigenvalue weighted by Crippen LogP contribution is -1.99. The average molecular weight is 268 g/mol. The molecule has 0 fully saturated rings. The molecule has 0 aliphatic carbocycles. The maximum absolute atomic E-state index is 10.4. The van der Waals surface area contributed by atoms with Crippen molar-refractivity contribution in [1.82, 2.24) is 0 Å². The molecule has 0 saturated carbocycles. The molecule has 0 aliphatic rings. The molecule has 2 heteroatoms. The fourth-order valence-electron chi connectivity index (χ4n) is 2.38. The predicted octanol–water partition coefficient (Wildman–Crippen LogP) is 4.57. The average Bonchev–Trinajstić information content (AvgIpc) is 2.94. The first-order valence-electron chi connectivity index (χ1n) is 6.53. The lowest BCUT2D eigenvalue weighted by atomic mass is 10.0. The van der Waals surface area contributed by atoms with Gasteiger partial charge in [-0.1, -0.05) is 48.5 Å². The number of fused-ring (bicyclic) bond motifs is 1. The molecule has 19 heavy (non-hydrogen) atoms. The molecule has 1 unspecified atom stereocenters. The Kier molecular flexibility index (Phi) is 3.62. The number of hydrogen-bond acceptors (Lipinski definition) is 2. The van der Waals surface area contributed by atoms with Crippen LogP contribution in [0.15, 0.2) is 60.0 Å². The van der Waals surface area contributed by atoms with E-state index in [1.165, 1.54) is 15.6 Å². The van der Waals surface area contributed by atoms with Gasteiger partial charge in [-0.2, -0.15) is 0 Å². The van der Waals surface area contributed by atoms with Gasteiger partial charge in [0, 0.05) is 4.70 Å². The molecule has 1 N–H and O–H groups in total. The van der Waals surface area contributed by atoms with E-state index < -0.39 is 0 Å². The van der Waals surface area contributed by atoms with Crippen LogP contribution in [0, 0.1) is 0 Å². The van der Waals surface area contributed by atoms with Crippen molar-refractivity contribution in [1.29, 1.82) is 0 Å². The Bertz CT molecular complexity index is 657. The summed E-state index contributed by atoms with van der Waals surface area (Å²) in [6, 6.07) is 18.6. The highest BCUT2D eigenvalue weighted by Crippen LogP contribution is 2.30. The summed E-state index contributed by atoms with van der Waals surface area (Å²) in [5.74, 6) is 0. The maximum atomic E-state index is 10.4. The van der Waals surface area contributed by atoms with Crippen LogP contribution in [-0.2, 0) is 6.42 Å². The number of hydrogen-bond donors (Lipinski definition) is 1. The number of aliphatic hydroxyl groups excluding tert-OH is 1. The second-order valence-corrected chi connectivity index (χ2v) is 5.64. The summed E-state index contributed by atoms with van der Waals surface area (Å²) in [6.07, 6.45) is 1.28. The van der Waals surface area contributed by atoms with Gasteiger partial charge >= 0.3 is 0 Å². The van der Waals surface area contributed by atoms with Crippen LogP contribution in [-0.4, -0.2) is 5.11 Å². The molecule has 0 spiro atoms. The highest BCUT2D eigenvalue weighted by atomic mass is 32.1. The van der Waals surface area contributed by atoms with Crippen LogP contribution < -0.4 is 0 Å². The molecule has 0 aliphatic heterocycles. The summed E-state index contributed by atoms with van der Waals surface area (Å²) in [5.41, 5.74) is 2.34. The molecule has 1 nitrogen and oxygen atoms in total. The van der Waals surface area contributed by atoms with Gasteiger partial charge in [-0.05, 0) is 40.8 Å². The zero-order valence-corrected chi connectivity index (χ0v) is 11.4. The fourth-order valence-corrected chi connectivity index (χ4v) is 3.35. The van der Waals surface area contributed by atoms with Crippen LogP contribution in [0.1, 0.15) is 23.7 Å². The summed E-state index contributed by atoms with van der Waals surface area (Å²) in [6.45, 7) is 0. The first kappa shape index (κ1) is 12.4. The highest BCUT2D eigenvalue weighted by molar-refractivity contribution is 7.17. The predicted molar refractivity (Wildman–Crippen MR) is 81.5 cm³/mol. The number of aryl methyl sites for hydroxylation is 1. The minimum Gasteiger partial charge on any atom is -0.388 e. The van der Waals surface area contributed by atoms with Crippen molar-refractivity contribution < 1.29 is 5.11 Å². The Balaban J connectivity index is 1.77. The van der Waals surface area contributed by atoms with Gasteiger partial charge in [-0.15, -0.1) is 11.3 Å². The van der Waals surface area contributed by atoms with Crippen LogP contribution >= 0.6 is 11.3 Å². The Morgan fingerprint density at radius 3 is 2.63 bits per heavy atom. The lowest BCUT2D eigenvalue weighted by molar-refractivity contribution is 0.169. The van der Waals surface area contributed by atoms with Crippen molar-refractivity contribution >= 4 is 21.4 Å². The summed E-state index contributed by atoms with van der Waals surface area (Å²) in [5, 5.41) is 13.7. The number of benzene rings is 2. The van der Waals surface area contributed by atoms with Crippen LogP contribution in [0.5, 0.6) is 0 Å². The zero-order chi connectivity index (χ0) is 13.1. The molecule has 1 aromatic heterocycles. The molecule has 2 aromatic carbocycles. The van der Waals surface area contributed by atoms with E-state index in [0.29, 0.717) is 0 Å². The topological polar surface area (TPSA) is 20.2 Å². The van der Waals surface area contributed by atoms with Gasteiger partial charge in [0.2, 0.25) is 0 Å². The summed E-state index contributed by atoms with van der Waals surface area (Å²) in [7, 11) is 0. The van der Waals surface area contributed by atoms with Crippen molar-refractivity contribution in [2.45, 2.75) is 18.9 Å². The van der Waals surface area contributed by atoms with Crippen molar-refractivity contribution in [2.24, 2.45) is 0 Å². The Morgan fingerprint density at radius 1 is 0.947 bits per heavy atom. The minimum absolute atomic E-state index is 0.387. The van der Waals surface area contributed by atoms with Gasteiger partial charge in [0.15, 0.2) is 0 Å². The van der Waals surface area contributed by atoms with E-state index in [-0.39, 0.29) is 6.10 Å². The number of aliphatic hydroxyl groups is 1. The Labute approximate surface area is 117 Å². The standard InChI is InChI=1S/C17H16OS/c18-16(10-9-13-5-2-1-3-6-13)15-8-4-7-14-11-12-19-17(14)15/h1-8,11-12,16,18H,9-10H2. The van der Waals surface area contributed by atoms with Gasteiger partial charge in [0.05, 0.1) is 6.10 Å². The first-order valence-corrected chi connectivity index (χ1v) is 7.40. The first-order chi connectivity index (χ1) is 9.34. The van der Waals surface area contributed by atoms with E-state index in [2.05, 4.69) is 29.6 Å². The van der Waals surface area contributed by atoms with Crippen LogP contribution in [0.25, 0.3) is 10.1 Å². The summed E-state index contributed by atoms with van der Waals surface area (Å²) >= 11 is 1.70.